The van der Waals surface area contributed by atoms with Crippen LogP contribution in [0, 0.1) is 5.82 Å². The minimum Gasteiger partial charge on any atom is -0.494 e. The lowest BCUT2D eigenvalue weighted by molar-refractivity contribution is -0.139. The first-order valence-corrected chi connectivity index (χ1v) is 12.3. The SMILES string of the molecule is CCOc1cc2ncnc(Nc3ccc(F)c(Cl)c3)c2cc1CC(=O)CN1C(=O)SC(CC(=O)O)C1=O. The van der Waals surface area contributed by atoms with Crippen molar-refractivity contribution in [1.29, 1.82) is 0 Å². The van der Waals surface area contributed by atoms with Gasteiger partial charge in [0.2, 0.25) is 5.91 Å². The molecule has 2 aromatic carbocycles. The van der Waals surface area contributed by atoms with Crippen LogP contribution in [0.3, 0.4) is 0 Å². The highest BCUT2D eigenvalue weighted by molar-refractivity contribution is 8.15. The molecule has 2 amide bonds. The van der Waals surface area contributed by atoms with Crippen molar-refractivity contribution in [2.24, 2.45) is 0 Å². The number of aliphatic carboxylic acids is 1. The van der Waals surface area contributed by atoms with Crippen molar-refractivity contribution < 1.29 is 33.4 Å². The summed E-state index contributed by atoms with van der Waals surface area (Å²) >= 11 is 6.47. The topological polar surface area (TPSA) is 139 Å². The summed E-state index contributed by atoms with van der Waals surface area (Å²) in [6, 6.07) is 7.43. The molecule has 2 N–H and O–H groups in total. The zero-order valence-corrected chi connectivity index (χ0v) is 20.9. The number of hydrogen-bond acceptors (Lipinski definition) is 9. The summed E-state index contributed by atoms with van der Waals surface area (Å²) in [5, 5.41) is 10.8. The number of aromatic nitrogens is 2. The number of halogens is 2. The fraction of sp³-hybridized carbons (Fsp3) is 0.250. The van der Waals surface area contributed by atoms with Crippen LogP contribution in [-0.2, 0) is 20.8 Å². The van der Waals surface area contributed by atoms with Crippen molar-refractivity contribution in [3.63, 3.8) is 0 Å². The first-order chi connectivity index (χ1) is 17.7. The summed E-state index contributed by atoms with van der Waals surface area (Å²) in [7, 11) is 0. The van der Waals surface area contributed by atoms with Crippen LogP contribution in [0.25, 0.3) is 10.9 Å². The number of rotatable bonds is 10. The zero-order valence-electron chi connectivity index (χ0n) is 19.4. The number of imide groups is 1. The molecule has 37 heavy (non-hydrogen) atoms. The van der Waals surface area contributed by atoms with Gasteiger partial charge in [0.15, 0.2) is 5.78 Å². The van der Waals surface area contributed by atoms with Gasteiger partial charge in [-0.05, 0) is 31.2 Å². The van der Waals surface area contributed by atoms with Crippen LogP contribution in [0.1, 0.15) is 18.9 Å². The normalized spacial score (nSPS) is 15.3. The molecule has 1 saturated heterocycles. The second kappa shape index (κ2) is 11.1. The lowest BCUT2D eigenvalue weighted by Crippen LogP contribution is -2.37. The molecule has 4 rings (SSSR count). The molecule has 0 radical (unpaired) electrons. The second-order valence-electron chi connectivity index (χ2n) is 8.00. The average molecular weight is 547 g/mol. The number of fused-ring (bicyclic) bond motifs is 1. The highest BCUT2D eigenvalue weighted by atomic mass is 35.5. The van der Waals surface area contributed by atoms with Crippen molar-refractivity contribution in [3.05, 3.63) is 53.1 Å². The number of benzene rings is 2. The van der Waals surface area contributed by atoms with E-state index < -0.39 is 46.9 Å². The second-order valence-corrected chi connectivity index (χ2v) is 9.56. The number of nitrogens with zero attached hydrogens (tertiary/aromatic N) is 3. The van der Waals surface area contributed by atoms with Gasteiger partial charge in [-0.2, -0.15) is 0 Å². The van der Waals surface area contributed by atoms with Crippen molar-refractivity contribution in [2.45, 2.75) is 25.0 Å². The van der Waals surface area contributed by atoms with E-state index >= 15 is 0 Å². The number of Topliss-reactive ketones (excluding diaryl/α,β-unsaturated/α-hetero) is 1. The Morgan fingerprint density at radius 3 is 2.73 bits per heavy atom. The molecule has 0 spiro atoms. The van der Waals surface area contributed by atoms with Crippen molar-refractivity contribution >= 4 is 68.7 Å². The summed E-state index contributed by atoms with van der Waals surface area (Å²) < 4.78 is 19.2. The third kappa shape index (κ3) is 5.97. The standard InChI is InChI=1S/C24H20ClFN4O6S/c1-2-36-19-8-18-15(22(28-11-27-18)29-13-3-4-17(26)16(25)7-13)6-12(19)5-14(31)10-30-23(34)20(9-21(32)33)37-24(30)35/h3-4,6-8,11,20H,2,5,9-10H2,1H3,(H,32,33)(H,27,28,29). The Hall–Kier alpha value is -3.77. The van der Waals surface area contributed by atoms with Crippen LogP contribution in [0.5, 0.6) is 5.75 Å². The number of carboxylic acids is 1. The number of nitrogens with one attached hydrogen (secondary N) is 1. The van der Waals surface area contributed by atoms with Crippen LogP contribution in [0.15, 0.2) is 36.7 Å². The molecule has 1 aliphatic heterocycles. The fourth-order valence-corrected chi connectivity index (χ4v) is 4.90. The highest BCUT2D eigenvalue weighted by Gasteiger charge is 2.41. The summed E-state index contributed by atoms with van der Waals surface area (Å²) in [5.74, 6) is -2.15. The van der Waals surface area contributed by atoms with Gasteiger partial charge < -0.3 is 15.2 Å². The van der Waals surface area contributed by atoms with Gasteiger partial charge in [0.1, 0.15) is 29.0 Å². The van der Waals surface area contributed by atoms with Crippen LogP contribution in [0.4, 0.5) is 20.7 Å². The Balaban J connectivity index is 1.60. The Morgan fingerprint density at radius 1 is 1.24 bits per heavy atom. The molecular weight excluding hydrogens is 527 g/mol. The van der Waals surface area contributed by atoms with Gasteiger partial charge in [0.05, 0.1) is 30.1 Å². The lowest BCUT2D eigenvalue weighted by Gasteiger charge is -2.16. The summed E-state index contributed by atoms with van der Waals surface area (Å²) in [6.45, 7) is 1.60. The first-order valence-electron chi connectivity index (χ1n) is 11.0. The van der Waals surface area contributed by atoms with E-state index in [1.807, 2.05) is 0 Å². The maximum absolute atomic E-state index is 13.5. The van der Waals surface area contributed by atoms with Gasteiger partial charge >= 0.3 is 5.97 Å². The van der Waals surface area contributed by atoms with Crippen molar-refractivity contribution in [3.8, 4) is 5.75 Å². The van der Waals surface area contributed by atoms with E-state index in [4.69, 9.17) is 21.4 Å². The van der Waals surface area contributed by atoms with E-state index in [1.54, 1.807) is 19.1 Å². The molecule has 1 fully saturated rings. The lowest BCUT2D eigenvalue weighted by atomic mass is 10.0. The maximum Gasteiger partial charge on any atom is 0.305 e. The first kappa shape index (κ1) is 26.3. The molecule has 1 aliphatic rings. The quantitative estimate of drug-likeness (QED) is 0.380. The number of amides is 2. The Morgan fingerprint density at radius 2 is 2.03 bits per heavy atom. The third-order valence-electron chi connectivity index (χ3n) is 5.39. The molecule has 0 bridgehead atoms. The number of carbonyl (C=O) groups excluding carboxylic acids is 3. The molecule has 3 aromatic rings. The molecular formula is C24H20ClFN4O6S. The Kier molecular flexibility index (Phi) is 7.89. The molecule has 0 aliphatic carbocycles. The number of ether oxygens (including phenoxy) is 1. The maximum atomic E-state index is 13.5. The monoisotopic (exact) mass is 546 g/mol. The number of hydrogen-bond donors (Lipinski definition) is 2. The smallest absolute Gasteiger partial charge is 0.305 e. The zero-order chi connectivity index (χ0) is 26.7. The van der Waals surface area contributed by atoms with Crippen LogP contribution < -0.4 is 10.1 Å². The Labute approximate surface area is 219 Å². The highest BCUT2D eigenvalue weighted by Crippen LogP contribution is 2.32. The number of ketones is 1. The van der Waals surface area contributed by atoms with E-state index in [2.05, 4.69) is 15.3 Å². The fourth-order valence-electron chi connectivity index (χ4n) is 3.74. The summed E-state index contributed by atoms with van der Waals surface area (Å²) in [4.78, 5) is 57.8. The van der Waals surface area contributed by atoms with Crippen LogP contribution in [0.2, 0.25) is 5.02 Å². The van der Waals surface area contributed by atoms with Gasteiger partial charge in [0, 0.05) is 29.1 Å². The molecule has 10 nitrogen and oxygen atoms in total. The summed E-state index contributed by atoms with van der Waals surface area (Å²) in [5.41, 5.74) is 1.48. The predicted octanol–water partition coefficient (Wildman–Crippen LogP) is 4.21. The van der Waals surface area contributed by atoms with Gasteiger partial charge in [-0.15, -0.1) is 0 Å². The van der Waals surface area contributed by atoms with Crippen molar-refractivity contribution in [2.75, 3.05) is 18.5 Å². The van der Waals surface area contributed by atoms with E-state index in [-0.39, 0.29) is 11.4 Å². The van der Waals surface area contributed by atoms with E-state index in [9.17, 15) is 23.6 Å². The van der Waals surface area contributed by atoms with Crippen molar-refractivity contribution in [1.82, 2.24) is 14.9 Å². The van der Waals surface area contributed by atoms with Gasteiger partial charge in [-0.1, -0.05) is 23.4 Å². The average Bonchev–Trinajstić information content (AvgIpc) is 3.09. The summed E-state index contributed by atoms with van der Waals surface area (Å²) in [6.07, 6.45) is 0.660. The predicted molar refractivity (Wildman–Crippen MR) is 135 cm³/mol. The minimum absolute atomic E-state index is 0.0666. The van der Waals surface area contributed by atoms with Gasteiger partial charge in [-0.25, -0.2) is 14.4 Å². The van der Waals surface area contributed by atoms with Crippen LogP contribution >= 0.6 is 23.4 Å². The Bertz CT molecular complexity index is 1420. The molecule has 1 aromatic heterocycles. The number of thioether (sulfide) groups is 1. The number of carbonyl (C=O) groups is 4. The van der Waals surface area contributed by atoms with Crippen LogP contribution in [-0.4, -0.2) is 61.3 Å². The molecule has 2 heterocycles. The van der Waals surface area contributed by atoms with Gasteiger partial charge in [-0.3, -0.25) is 24.1 Å². The third-order valence-corrected chi connectivity index (χ3v) is 6.75. The molecule has 13 heteroatoms. The largest absolute Gasteiger partial charge is 0.494 e. The van der Waals surface area contributed by atoms with E-state index in [1.165, 1.54) is 24.5 Å². The molecule has 1 atom stereocenters. The molecule has 1 unspecified atom stereocenters. The van der Waals surface area contributed by atoms with E-state index in [0.717, 1.165) is 4.90 Å². The number of anilines is 2. The number of carboxylic acid groups (broad SMARTS) is 1. The van der Waals surface area contributed by atoms with Gasteiger partial charge in [0.25, 0.3) is 5.24 Å². The minimum atomic E-state index is -1.21. The van der Waals surface area contributed by atoms with E-state index in [0.29, 0.717) is 52.1 Å². The molecule has 192 valence electrons. The molecule has 0 saturated carbocycles.